The fourth-order valence-electron chi connectivity index (χ4n) is 2.26. The van der Waals surface area contributed by atoms with Crippen LogP contribution in [0.15, 0.2) is 28.7 Å². The van der Waals surface area contributed by atoms with E-state index in [-0.39, 0.29) is 18.0 Å². The molecule has 0 bridgehead atoms. The maximum absolute atomic E-state index is 13.0. The lowest BCUT2D eigenvalue weighted by atomic mass is 10.1. The first-order valence-electron chi connectivity index (χ1n) is 6.22. The van der Waals surface area contributed by atoms with Crippen molar-refractivity contribution in [1.29, 1.82) is 0 Å². The summed E-state index contributed by atoms with van der Waals surface area (Å²) in [5, 5.41) is 4.65. The van der Waals surface area contributed by atoms with Crippen LogP contribution in [0.25, 0.3) is 11.3 Å². The predicted molar refractivity (Wildman–Crippen MR) is 74.3 cm³/mol. The van der Waals surface area contributed by atoms with E-state index in [0.717, 1.165) is 21.4 Å². The molecule has 0 saturated carbocycles. The molecule has 0 fully saturated rings. The minimum Gasteiger partial charge on any atom is -0.370 e. The molecule has 1 aromatic carbocycles. The lowest BCUT2D eigenvalue weighted by molar-refractivity contribution is -0.0108. The third-order valence-corrected chi connectivity index (χ3v) is 4.44. The summed E-state index contributed by atoms with van der Waals surface area (Å²) in [4.78, 5) is 0. The van der Waals surface area contributed by atoms with E-state index >= 15 is 0 Å². The van der Waals surface area contributed by atoms with E-state index in [9.17, 15) is 4.39 Å². The lowest BCUT2D eigenvalue weighted by Gasteiger charge is -2.28. The van der Waals surface area contributed by atoms with Gasteiger partial charge in [-0.1, -0.05) is 0 Å². The maximum atomic E-state index is 13.0. The molecule has 0 spiro atoms. The van der Waals surface area contributed by atoms with Gasteiger partial charge in [-0.05, 0) is 54.0 Å². The molecule has 3 rings (SSSR count). The standard InChI is InChI=1S/C14H14BrFN2O/c1-8-9(2)19-7-12-13(15)14(17-18(8)12)10-3-5-11(16)6-4-10/h3-6,8-9H,7H2,1-2H3/t8-,9+/m0/s1. The topological polar surface area (TPSA) is 27.1 Å². The molecule has 2 heterocycles. The highest BCUT2D eigenvalue weighted by Gasteiger charge is 2.28. The Labute approximate surface area is 119 Å². The zero-order chi connectivity index (χ0) is 13.6. The van der Waals surface area contributed by atoms with Crippen LogP contribution < -0.4 is 0 Å². The molecule has 0 amide bonds. The van der Waals surface area contributed by atoms with Gasteiger partial charge >= 0.3 is 0 Å². The van der Waals surface area contributed by atoms with Gasteiger partial charge in [-0.3, -0.25) is 4.68 Å². The Morgan fingerprint density at radius 2 is 2.00 bits per heavy atom. The third-order valence-electron chi connectivity index (χ3n) is 3.61. The summed E-state index contributed by atoms with van der Waals surface area (Å²) in [6, 6.07) is 6.56. The number of ether oxygens (including phenoxy) is 1. The molecule has 19 heavy (non-hydrogen) atoms. The van der Waals surface area contributed by atoms with Crippen molar-refractivity contribution in [2.75, 3.05) is 0 Å². The highest BCUT2D eigenvalue weighted by Crippen LogP contribution is 2.35. The van der Waals surface area contributed by atoms with Crippen LogP contribution in [0.4, 0.5) is 4.39 Å². The summed E-state index contributed by atoms with van der Waals surface area (Å²) < 4.78 is 21.6. The van der Waals surface area contributed by atoms with Crippen LogP contribution in [0.2, 0.25) is 0 Å². The van der Waals surface area contributed by atoms with Gasteiger partial charge in [-0.2, -0.15) is 5.10 Å². The fraction of sp³-hybridized carbons (Fsp3) is 0.357. The Balaban J connectivity index is 2.09. The average molecular weight is 325 g/mol. The quantitative estimate of drug-likeness (QED) is 0.794. The van der Waals surface area contributed by atoms with Gasteiger partial charge in [0.15, 0.2) is 0 Å². The van der Waals surface area contributed by atoms with E-state index in [0.29, 0.717) is 6.61 Å². The van der Waals surface area contributed by atoms with Crippen molar-refractivity contribution >= 4 is 15.9 Å². The third kappa shape index (κ3) is 2.11. The van der Waals surface area contributed by atoms with Crippen molar-refractivity contribution < 1.29 is 9.13 Å². The second-order valence-corrected chi connectivity index (χ2v) is 5.61. The van der Waals surface area contributed by atoms with E-state index < -0.39 is 0 Å². The van der Waals surface area contributed by atoms with Crippen molar-refractivity contribution in [3.8, 4) is 11.3 Å². The van der Waals surface area contributed by atoms with Gasteiger partial charge < -0.3 is 4.74 Å². The number of nitrogens with zero attached hydrogens (tertiary/aromatic N) is 2. The SMILES string of the molecule is C[C@H]1OCc2c(Br)c(-c3ccc(F)cc3)nn2[C@H]1C. The summed E-state index contributed by atoms with van der Waals surface area (Å²) in [6.45, 7) is 4.67. The van der Waals surface area contributed by atoms with Gasteiger partial charge in [0.2, 0.25) is 0 Å². The first-order valence-corrected chi connectivity index (χ1v) is 7.01. The molecule has 2 atom stereocenters. The van der Waals surface area contributed by atoms with Crippen LogP contribution in [-0.2, 0) is 11.3 Å². The minimum absolute atomic E-state index is 0.139. The number of hydrogen-bond acceptors (Lipinski definition) is 2. The molecule has 2 aromatic rings. The van der Waals surface area contributed by atoms with Crippen LogP contribution in [-0.4, -0.2) is 15.9 Å². The van der Waals surface area contributed by atoms with E-state index in [2.05, 4.69) is 28.0 Å². The van der Waals surface area contributed by atoms with Crippen LogP contribution in [0.5, 0.6) is 0 Å². The van der Waals surface area contributed by atoms with E-state index in [1.807, 2.05) is 11.6 Å². The first-order chi connectivity index (χ1) is 9.08. The number of halogens is 2. The summed E-state index contributed by atoms with van der Waals surface area (Å²) in [6.07, 6.45) is 0.139. The van der Waals surface area contributed by atoms with E-state index in [1.165, 1.54) is 12.1 Å². The molecule has 1 aliphatic heterocycles. The molecular weight excluding hydrogens is 311 g/mol. The molecule has 1 aromatic heterocycles. The van der Waals surface area contributed by atoms with Crippen molar-refractivity contribution in [3.05, 3.63) is 40.2 Å². The molecular formula is C14H14BrFN2O. The van der Waals surface area contributed by atoms with Crippen LogP contribution in [0, 0.1) is 5.82 Å². The van der Waals surface area contributed by atoms with Crippen molar-refractivity contribution in [1.82, 2.24) is 9.78 Å². The Kier molecular flexibility index (Phi) is 3.19. The highest BCUT2D eigenvalue weighted by molar-refractivity contribution is 9.10. The molecule has 3 nitrogen and oxygen atoms in total. The smallest absolute Gasteiger partial charge is 0.123 e. The lowest BCUT2D eigenvalue weighted by Crippen LogP contribution is -2.29. The second-order valence-electron chi connectivity index (χ2n) is 4.82. The van der Waals surface area contributed by atoms with E-state index in [1.54, 1.807) is 12.1 Å². The summed E-state index contributed by atoms with van der Waals surface area (Å²) in [5.41, 5.74) is 2.76. The Bertz CT molecular complexity index is 609. The largest absolute Gasteiger partial charge is 0.370 e. The van der Waals surface area contributed by atoms with Gasteiger partial charge in [0.05, 0.1) is 28.9 Å². The van der Waals surface area contributed by atoms with Gasteiger partial charge in [0, 0.05) is 5.56 Å². The highest BCUT2D eigenvalue weighted by atomic mass is 79.9. The molecule has 100 valence electrons. The van der Waals surface area contributed by atoms with Gasteiger partial charge in [0.1, 0.15) is 11.5 Å². The average Bonchev–Trinajstić information content (AvgIpc) is 2.73. The van der Waals surface area contributed by atoms with Gasteiger partial charge in [0.25, 0.3) is 0 Å². The zero-order valence-electron chi connectivity index (χ0n) is 10.7. The van der Waals surface area contributed by atoms with Crippen LogP contribution in [0.1, 0.15) is 25.6 Å². The number of hydrogen-bond donors (Lipinski definition) is 0. The fourth-order valence-corrected chi connectivity index (χ4v) is 2.86. The molecule has 0 N–H and O–H groups in total. The zero-order valence-corrected chi connectivity index (χ0v) is 12.3. The number of benzene rings is 1. The summed E-state index contributed by atoms with van der Waals surface area (Å²) >= 11 is 3.58. The summed E-state index contributed by atoms with van der Waals surface area (Å²) in [5.74, 6) is -0.242. The predicted octanol–water partition coefficient (Wildman–Crippen LogP) is 3.93. The Hall–Kier alpha value is -1.20. The van der Waals surface area contributed by atoms with E-state index in [4.69, 9.17) is 4.74 Å². The number of aromatic nitrogens is 2. The molecule has 0 saturated heterocycles. The molecule has 1 aliphatic rings. The van der Waals surface area contributed by atoms with Gasteiger partial charge in [-0.15, -0.1) is 0 Å². The van der Waals surface area contributed by atoms with Crippen LogP contribution >= 0.6 is 15.9 Å². The monoisotopic (exact) mass is 324 g/mol. The second kappa shape index (κ2) is 4.72. The number of rotatable bonds is 1. The Morgan fingerprint density at radius 3 is 2.68 bits per heavy atom. The minimum atomic E-state index is -0.242. The van der Waals surface area contributed by atoms with Crippen molar-refractivity contribution in [2.24, 2.45) is 0 Å². The molecule has 0 unspecified atom stereocenters. The number of fused-ring (bicyclic) bond motifs is 1. The molecule has 5 heteroatoms. The molecule has 0 aliphatic carbocycles. The first kappa shape index (κ1) is 12.8. The van der Waals surface area contributed by atoms with Crippen LogP contribution in [0.3, 0.4) is 0 Å². The van der Waals surface area contributed by atoms with Crippen molar-refractivity contribution in [2.45, 2.75) is 32.6 Å². The Morgan fingerprint density at radius 1 is 1.32 bits per heavy atom. The normalized spacial score (nSPS) is 22.3. The summed E-state index contributed by atoms with van der Waals surface area (Å²) in [7, 11) is 0. The maximum Gasteiger partial charge on any atom is 0.123 e. The van der Waals surface area contributed by atoms with Gasteiger partial charge in [-0.25, -0.2) is 4.39 Å². The van der Waals surface area contributed by atoms with Crippen molar-refractivity contribution in [3.63, 3.8) is 0 Å². The molecule has 0 radical (unpaired) electrons.